The minimum Gasteiger partial charge on any atom is -0.392 e. The summed E-state index contributed by atoms with van der Waals surface area (Å²) in [5.74, 6) is 0.382. The molecule has 1 saturated heterocycles. The number of hydrogen-bond donors (Lipinski definition) is 2. The van der Waals surface area contributed by atoms with Crippen molar-refractivity contribution in [3.05, 3.63) is 34.3 Å². The monoisotopic (exact) mass is 326 g/mol. The molecule has 2 rings (SSSR count). The summed E-state index contributed by atoms with van der Waals surface area (Å²) in [6.45, 7) is 5.86. The zero-order valence-electron chi connectivity index (χ0n) is 11.6. The normalized spacial score (nSPS) is 28.1. The van der Waals surface area contributed by atoms with Crippen LogP contribution in [0.15, 0.2) is 28.7 Å². The van der Waals surface area contributed by atoms with Gasteiger partial charge in [0.2, 0.25) is 0 Å². The number of aliphatic hydroxyl groups excluding tert-OH is 1. The van der Waals surface area contributed by atoms with Crippen LogP contribution in [0.5, 0.6) is 0 Å². The lowest BCUT2D eigenvalue weighted by molar-refractivity contribution is 0.00539. The maximum absolute atomic E-state index is 10.1. The summed E-state index contributed by atoms with van der Waals surface area (Å²) in [7, 11) is 0. The van der Waals surface area contributed by atoms with E-state index in [9.17, 15) is 5.11 Å². The summed E-state index contributed by atoms with van der Waals surface area (Å²) in [5, 5.41) is 10.1. The van der Waals surface area contributed by atoms with E-state index in [0.717, 1.165) is 17.4 Å². The largest absolute Gasteiger partial charge is 0.392 e. The highest BCUT2D eigenvalue weighted by Gasteiger charge is 2.31. The number of likely N-dealkylation sites (tertiary alicyclic amines) is 1. The van der Waals surface area contributed by atoms with Crippen LogP contribution in [0.4, 0.5) is 0 Å². The molecular formula is C15H23BrN2O. The van der Waals surface area contributed by atoms with Crippen molar-refractivity contribution in [2.45, 2.75) is 38.5 Å². The Balaban J connectivity index is 2.21. The number of benzene rings is 1. The fourth-order valence-electron chi connectivity index (χ4n) is 2.86. The lowest BCUT2D eigenvalue weighted by Crippen LogP contribution is -2.48. The van der Waals surface area contributed by atoms with Gasteiger partial charge in [-0.1, -0.05) is 35.0 Å². The molecule has 19 heavy (non-hydrogen) atoms. The summed E-state index contributed by atoms with van der Waals surface area (Å²) < 4.78 is 1.07. The second kappa shape index (κ2) is 6.35. The molecule has 1 aliphatic rings. The smallest absolute Gasteiger partial charge is 0.0693 e. The van der Waals surface area contributed by atoms with Gasteiger partial charge < -0.3 is 10.8 Å². The Morgan fingerprint density at radius 2 is 2.21 bits per heavy atom. The van der Waals surface area contributed by atoms with Crippen LogP contribution in [0.1, 0.15) is 31.9 Å². The Hall–Kier alpha value is -0.420. The van der Waals surface area contributed by atoms with E-state index in [1.165, 1.54) is 5.56 Å². The summed E-state index contributed by atoms with van der Waals surface area (Å²) in [5.41, 5.74) is 7.41. The molecule has 0 saturated carbocycles. The van der Waals surface area contributed by atoms with Gasteiger partial charge >= 0.3 is 0 Å². The van der Waals surface area contributed by atoms with Gasteiger partial charge in [0.1, 0.15) is 0 Å². The quantitative estimate of drug-likeness (QED) is 0.897. The Morgan fingerprint density at radius 3 is 2.79 bits per heavy atom. The van der Waals surface area contributed by atoms with E-state index in [1.807, 2.05) is 19.1 Å². The number of aliphatic hydroxyl groups is 1. The van der Waals surface area contributed by atoms with Crippen LogP contribution in [0, 0.1) is 5.92 Å². The van der Waals surface area contributed by atoms with Crippen LogP contribution >= 0.6 is 15.9 Å². The Morgan fingerprint density at radius 1 is 1.47 bits per heavy atom. The molecule has 1 fully saturated rings. The van der Waals surface area contributed by atoms with Gasteiger partial charge in [-0.05, 0) is 43.5 Å². The predicted molar refractivity (Wildman–Crippen MR) is 81.9 cm³/mol. The first-order chi connectivity index (χ1) is 8.99. The Labute approximate surface area is 123 Å². The molecule has 106 valence electrons. The average Bonchev–Trinajstić information content (AvgIpc) is 2.33. The first kappa shape index (κ1) is 15.0. The maximum atomic E-state index is 10.1. The van der Waals surface area contributed by atoms with Crippen LogP contribution in [0.3, 0.4) is 0 Å². The summed E-state index contributed by atoms with van der Waals surface area (Å²) in [4.78, 5) is 2.32. The Bertz CT molecular complexity index is 424. The summed E-state index contributed by atoms with van der Waals surface area (Å²) >= 11 is 3.52. The second-order valence-corrected chi connectivity index (χ2v) is 6.60. The highest BCUT2D eigenvalue weighted by atomic mass is 79.9. The van der Waals surface area contributed by atoms with Gasteiger partial charge in [-0.25, -0.2) is 0 Å². The lowest BCUT2D eigenvalue weighted by atomic mass is 9.91. The third kappa shape index (κ3) is 3.57. The van der Waals surface area contributed by atoms with Crippen molar-refractivity contribution in [1.29, 1.82) is 0 Å². The topological polar surface area (TPSA) is 49.5 Å². The van der Waals surface area contributed by atoms with Gasteiger partial charge in [0.05, 0.1) is 6.10 Å². The number of piperidine rings is 1. The summed E-state index contributed by atoms with van der Waals surface area (Å²) in [6.07, 6.45) is 0.778. The summed E-state index contributed by atoms with van der Waals surface area (Å²) in [6, 6.07) is 8.50. The van der Waals surface area contributed by atoms with Gasteiger partial charge in [0, 0.05) is 23.1 Å². The molecule has 1 aromatic carbocycles. The van der Waals surface area contributed by atoms with E-state index >= 15 is 0 Å². The number of hydrogen-bond acceptors (Lipinski definition) is 3. The second-order valence-electron chi connectivity index (χ2n) is 5.69. The fraction of sp³-hybridized carbons (Fsp3) is 0.600. The van der Waals surface area contributed by atoms with Crippen molar-refractivity contribution in [2.24, 2.45) is 11.7 Å². The van der Waals surface area contributed by atoms with E-state index in [4.69, 9.17) is 5.73 Å². The number of halogens is 1. The van der Waals surface area contributed by atoms with Gasteiger partial charge in [0.15, 0.2) is 0 Å². The van der Waals surface area contributed by atoms with Crippen molar-refractivity contribution >= 4 is 15.9 Å². The van der Waals surface area contributed by atoms with Crippen LogP contribution in [-0.2, 0) is 0 Å². The minimum atomic E-state index is -0.248. The van der Waals surface area contributed by atoms with Gasteiger partial charge in [-0.3, -0.25) is 4.90 Å². The minimum absolute atomic E-state index is 0.0370. The first-order valence-electron chi connectivity index (χ1n) is 6.92. The van der Waals surface area contributed by atoms with E-state index in [0.29, 0.717) is 12.5 Å². The highest BCUT2D eigenvalue weighted by Crippen LogP contribution is 2.30. The van der Waals surface area contributed by atoms with E-state index in [-0.39, 0.29) is 18.2 Å². The standard InChI is InChI=1S/C15H23BrN2O/c1-10-6-7-18(9-14(10)19)15(11(2)17)12-4-3-5-13(16)8-12/h3-5,8,10-11,14-15,19H,6-7,9,17H2,1-2H3. The third-order valence-electron chi connectivity index (χ3n) is 4.03. The molecule has 0 bridgehead atoms. The van der Waals surface area contributed by atoms with Crippen LogP contribution in [0.25, 0.3) is 0 Å². The number of rotatable bonds is 3. The molecule has 1 aliphatic heterocycles. The molecule has 0 spiro atoms. The molecular weight excluding hydrogens is 304 g/mol. The molecule has 0 aromatic heterocycles. The Kier molecular flexibility index (Phi) is 5.01. The maximum Gasteiger partial charge on any atom is 0.0693 e. The zero-order valence-corrected chi connectivity index (χ0v) is 13.2. The van der Waals surface area contributed by atoms with Gasteiger partial charge in [-0.2, -0.15) is 0 Å². The van der Waals surface area contributed by atoms with Crippen molar-refractivity contribution < 1.29 is 5.11 Å². The molecule has 4 heteroatoms. The van der Waals surface area contributed by atoms with Crippen LogP contribution in [0.2, 0.25) is 0 Å². The van der Waals surface area contributed by atoms with Crippen molar-refractivity contribution in [3.63, 3.8) is 0 Å². The average molecular weight is 327 g/mol. The van der Waals surface area contributed by atoms with E-state index in [1.54, 1.807) is 0 Å². The molecule has 1 aromatic rings. The molecule has 0 amide bonds. The van der Waals surface area contributed by atoms with Crippen molar-refractivity contribution in [1.82, 2.24) is 4.90 Å². The first-order valence-corrected chi connectivity index (χ1v) is 7.71. The SMILES string of the molecule is CC(N)C(c1cccc(Br)c1)N1CCC(C)C(O)C1. The molecule has 3 N–H and O–H groups in total. The van der Waals surface area contributed by atoms with Crippen molar-refractivity contribution in [3.8, 4) is 0 Å². The van der Waals surface area contributed by atoms with E-state index < -0.39 is 0 Å². The molecule has 3 nitrogen and oxygen atoms in total. The molecule has 4 unspecified atom stereocenters. The van der Waals surface area contributed by atoms with E-state index in [2.05, 4.69) is 39.9 Å². The third-order valence-corrected chi connectivity index (χ3v) is 4.52. The highest BCUT2D eigenvalue weighted by molar-refractivity contribution is 9.10. The number of nitrogens with zero attached hydrogens (tertiary/aromatic N) is 1. The van der Waals surface area contributed by atoms with Crippen LogP contribution in [-0.4, -0.2) is 35.2 Å². The zero-order chi connectivity index (χ0) is 14.0. The lowest BCUT2D eigenvalue weighted by Gasteiger charge is -2.41. The molecule has 0 aliphatic carbocycles. The molecule has 4 atom stereocenters. The predicted octanol–water partition coefficient (Wildman–Crippen LogP) is 2.54. The van der Waals surface area contributed by atoms with Crippen molar-refractivity contribution in [2.75, 3.05) is 13.1 Å². The van der Waals surface area contributed by atoms with Crippen LogP contribution < -0.4 is 5.73 Å². The molecule has 0 radical (unpaired) electrons. The van der Waals surface area contributed by atoms with Gasteiger partial charge in [0.25, 0.3) is 0 Å². The fourth-order valence-corrected chi connectivity index (χ4v) is 3.28. The number of β-amino-alcohol motifs (C(OH)–C–C–N with tert-alkyl or cyclic N) is 1. The van der Waals surface area contributed by atoms with Gasteiger partial charge in [-0.15, -0.1) is 0 Å². The number of nitrogens with two attached hydrogens (primary N) is 1. The molecule has 1 heterocycles.